The summed E-state index contributed by atoms with van der Waals surface area (Å²) in [6.07, 6.45) is 4.03. The monoisotopic (exact) mass is 483 g/mol. The van der Waals surface area contributed by atoms with E-state index in [9.17, 15) is 14.0 Å². The lowest BCUT2D eigenvalue weighted by Gasteiger charge is -2.23. The number of thioether (sulfide) groups is 1. The second kappa shape index (κ2) is 9.78. The lowest BCUT2D eigenvalue weighted by atomic mass is 10.2. The zero-order valence-electron chi connectivity index (χ0n) is 19.9. The highest BCUT2D eigenvalue weighted by Crippen LogP contribution is 2.37. The van der Waals surface area contributed by atoms with Gasteiger partial charge in [-0.05, 0) is 70.9 Å². The minimum absolute atomic E-state index is 0.287. The Morgan fingerprint density at radius 2 is 1.91 bits per heavy atom. The van der Waals surface area contributed by atoms with Gasteiger partial charge in [-0.25, -0.2) is 14.2 Å². The Bertz CT molecular complexity index is 1260. The van der Waals surface area contributed by atoms with E-state index in [2.05, 4.69) is 5.32 Å². The number of hydrogen-bond donors (Lipinski definition) is 1. The predicted octanol–water partition coefficient (Wildman–Crippen LogP) is 6.15. The van der Waals surface area contributed by atoms with Crippen LogP contribution in [0.1, 0.15) is 65.2 Å². The van der Waals surface area contributed by atoms with E-state index in [0.717, 1.165) is 17.7 Å². The Balaban J connectivity index is 1.85. The van der Waals surface area contributed by atoms with Gasteiger partial charge in [0.1, 0.15) is 17.2 Å². The molecule has 1 fully saturated rings. The van der Waals surface area contributed by atoms with Crippen molar-refractivity contribution in [3.8, 4) is 5.69 Å². The van der Waals surface area contributed by atoms with Crippen molar-refractivity contribution in [2.24, 2.45) is 0 Å². The minimum Gasteiger partial charge on any atom is -0.444 e. The second-order valence-corrected chi connectivity index (χ2v) is 11.0. The summed E-state index contributed by atoms with van der Waals surface area (Å²) in [7, 11) is 0. The van der Waals surface area contributed by atoms with Crippen LogP contribution in [0.25, 0.3) is 16.6 Å². The number of nitrogens with one attached hydrogen (secondary N) is 1. The first-order valence-corrected chi connectivity index (χ1v) is 12.5. The van der Waals surface area contributed by atoms with Gasteiger partial charge in [0, 0.05) is 10.1 Å². The number of benzene rings is 2. The molecule has 0 spiro atoms. The van der Waals surface area contributed by atoms with Crippen molar-refractivity contribution in [2.45, 2.75) is 75.2 Å². The van der Waals surface area contributed by atoms with Gasteiger partial charge in [-0.3, -0.25) is 9.36 Å². The van der Waals surface area contributed by atoms with E-state index < -0.39 is 23.6 Å². The van der Waals surface area contributed by atoms with Gasteiger partial charge in [-0.1, -0.05) is 25.0 Å². The number of carbonyl (C=O) groups is 1. The normalized spacial score (nSPS) is 15.4. The summed E-state index contributed by atoms with van der Waals surface area (Å²) in [6, 6.07) is 10.8. The first kappa shape index (κ1) is 24.3. The Labute approximate surface area is 202 Å². The van der Waals surface area contributed by atoms with Crippen LogP contribution in [0.15, 0.2) is 52.2 Å². The zero-order chi connectivity index (χ0) is 24.5. The van der Waals surface area contributed by atoms with E-state index in [1.54, 1.807) is 57.7 Å². The van der Waals surface area contributed by atoms with Gasteiger partial charge in [-0.2, -0.15) is 0 Å². The summed E-state index contributed by atoms with van der Waals surface area (Å²) in [4.78, 5) is 32.0. The number of amides is 1. The van der Waals surface area contributed by atoms with Crippen molar-refractivity contribution >= 4 is 28.8 Å². The van der Waals surface area contributed by atoms with Crippen molar-refractivity contribution in [3.63, 3.8) is 0 Å². The van der Waals surface area contributed by atoms with Crippen LogP contribution in [-0.2, 0) is 4.74 Å². The SMILES string of the molecule is C[C@H](NC(=O)OC(C)(C)C)c1nc2cccc(SC3CCCC3)c2c(=O)n1-c1cccc(F)c1. The van der Waals surface area contributed by atoms with Gasteiger partial charge < -0.3 is 10.1 Å². The number of carbonyl (C=O) groups excluding carboxylic acids is 1. The molecule has 0 radical (unpaired) electrons. The summed E-state index contributed by atoms with van der Waals surface area (Å²) in [5, 5.41) is 3.74. The molecule has 1 aromatic heterocycles. The fraction of sp³-hybridized carbons (Fsp3) is 0.423. The molecule has 2 aromatic carbocycles. The molecular formula is C26H30FN3O3S. The maximum Gasteiger partial charge on any atom is 0.408 e. The second-order valence-electron chi connectivity index (χ2n) is 9.63. The lowest BCUT2D eigenvalue weighted by molar-refractivity contribution is 0.0505. The summed E-state index contributed by atoms with van der Waals surface area (Å²) < 4.78 is 20.9. The molecule has 1 saturated carbocycles. The molecule has 34 heavy (non-hydrogen) atoms. The van der Waals surface area contributed by atoms with Crippen LogP contribution in [0.5, 0.6) is 0 Å². The number of rotatable bonds is 5. The number of aromatic nitrogens is 2. The van der Waals surface area contributed by atoms with E-state index in [4.69, 9.17) is 9.72 Å². The molecule has 180 valence electrons. The molecule has 8 heteroatoms. The molecule has 1 N–H and O–H groups in total. The Hall–Kier alpha value is -2.87. The van der Waals surface area contributed by atoms with Crippen molar-refractivity contribution < 1.29 is 13.9 Å². The molecule has 1 atom stereocenters. The average molecular weight is 484 g/mol. The fourth-order valence-corrected chi connectivity index (χ4v) is 5.60. The minimum atomic E-state index is -0.671. The molecule has 4 rings (SSSR count). The summed E-state index contributed by atoms with van der Waals surface area (Å²) in [5.41, 5.74) is -0.0548. The van der Waals surface area contributed by atoms with Crippen molar-refractivity contribution in [1.29, 1.82) is 0 Å². The van der Waals surface area contributed by atoms with Crippen LogP contribution in [0.3, 0.4) is 0 Å². The molecule has 3 aromatic rings. The largest absolute Gasteiger partial charge is 0.444 e. The Morgan fingerprint density at radius 3 is 2.59 bits per heavy atom. The van der Waals surface area contributed by atoms with Crippen LogP contribution in [0.2, 0.25) is 0 Å². The van der Waals surface area contributed by atoms with E-state index in [1.165, 1.54) is 29.5 Å². The third kappa shape index (κ3) is 5.43. The molecule has 1 heterocycles. The van der Waals surface area contributed by atoms with E-state index in [-0.39, 0.29) is 5.56 Å². The van der Waals surface area contributed by atoms with Gasteiger partial charge in [0.15, 0.2) is 0 Å². The number of halogens is 1. The maximum atomic E-state index is 14.1. The first-order valence-electron chi connectivity index (χ1n) is 11.6. The smallest absolute Gasteiger partial charge is 0.408 e. The molecule has 0 bridgehead atoms. The molecule has 1 amide bonds. The standard InChI is InChI=1S/C26H30FN3O3S/c1-16(28-25(32)33-26(2,3)4)23-29-20-13-8-14-21(34-19-11-5-6-12-19)22(20)24(31)30(23)18-10-7-9-17(27)15-18/h7-10,13-16,19H,5-6,11-12H2,1-4H3,(H,28,32)/t16-/m0/s1. The van der Waals surface area contributed by atoms with Gasteiger partial charge in [0.05, 0.1) is 22.6 Å². The molecule has 6 nitrogen and oxygen atoms in total. The predicted molar refractivity (Wildman–Crippen MR) is 133 cm³/mol. The molecular weight excluding hydrogens is 453 g/mol. The number of ether oxygens (including phenoxy) is 1. The van der Waals surface area contributed by atoms with E-state index >= 15 is 0 Å². The van der Waals surface area contributed by atoms with Crippen molar-refractivity contribution in [3.05, 3.63) is 64.5 Å². The summed E-state index contributed by atoms with van der Waals surface area (Å²) >= 11 is 1.72. The third-order valence-corrected chi connectivity index (χ3v) is 7.07. The zero-order valence-corrected chi connectivity index (χ0v) is 20.7. The fourth-order valence-electron chi connectivity index (χ4n) is 4.20. The van der Waals surface area contributed by atoms with Gasteiger partial charge in [0.2, 0.25) is 0 Å². The van der Waals surface area contributed by atoms with Crippen LogP contribution in [0, 0.1) is 5.82 Å². The van der Waals surface area contributed by atoms with E-state index in [0.29, 0.717) is 27.7 Å². The summed E-state index contributed by atoms with van der Waals surface area (Å²) in [5.74, 6) is -0.159. The van der Waals surface area contributed by atoms with Gasteiger partial charge in [0.25, 0.3) is 5.56 Å². The molecule has 0 saturated heterocycles. The summed E-state index contributed by atoms with van der Waals surface area (Å²) in [6.45, 7) is 7.05. The number of nitrogens with zero attached hydrogens (tertiary/aromatic N) is 2. The van der Waals surface area contributed by atoms with Crippen molar-refractivity contribution in [2.75, 3.05) is 0 Å². The Morgan fingerprint density at radius 1 is 1.21 bits per heavy atom. The van der Waals surface area contributed by atoms with Gasteiger partial charge in [-0.15, -0.1) is 11.8 Å². The number of fused-ring (bicyclic) bond motifs is 1. The first-order chi connectivity index (χ1) is 16.1. The number of alkyl carbamates (subject to hydrolysis) is 1. The lowest BCUT2D eigenvalue weighted by Crippen LogP contribution is -2.37. The highest BCUT2D eigenvalue weighted by Gasteiger charge is 2.25. The highest BCUT2D eigenvalue weighted by molar-refractivity contribution is 8.00. The van der Waals surface area contributed by atoms with E-state index in [1.807, 2.05) is 12.1 Å². The van der Waals surface area contributed by atoms with Crippen LogP contribution in [-0.4, -0.2) is 26.5 Å². The van der Waals surface area contributed by atoms with Gasteiger partial charge >= 0.3 is 6.09 Å². The van der Waals surface area contributed by atoms with Crippen LogP contribution in [0.4, 0.5) is 9.18 Å². The third-order valence-electron chi connectivity index (χ3n) is 5.67. The molecule has 1 aliphatic carbocycles. The topological polar surface area (TPSA) is 73.2 Å². The number of hydrogen-bond acceptors (Lipinski definition) is 5. The molecule has 1 aliphatic rings. The van der Waals surface area contributed by atoms with Crippen LogP contribution < -0.4 is 10.9 Å². The van der Waals surface area contributed by atoms with Crippen LogP contribution >= 0.6 is 11.8 Å². The average Bonchev–Trinajstić information content (AvgIpc) is 3.25. The van der Waals surface area contributed by atoms with Crippen molar-refractivity contribution in [1.82, 2.24) is 14.9 Å². The molecule has 0 unspecified atom stereocenters. The Kier molecular flexibility index (Phi) is 6.98. The quantitative estimate of drug-likeness (QED) is 0.472. The highest BCUT2D eigenvalue weighted by atomic mass is 32.2. The maximum absolute atomic E-state index is 14.1. The molecule has 0 aliphatic heterocycles.